The van der Waals surface area contributed by atoms with Crippen molar-refractivity contribution in [1.82, 2.24) is 9.47 Å². The molecule has 0 unspecified atom stereocenters. The quantitative estimate of drug-likeness (QED) is 0.595. The highest BCUT2D eigenvalue weighted by Crippen LogP contribution is 2.18. The van der Waals surface area contributed by atoms with E-state index >= 15 is 0 Å². The number of carbonyl (C=O) groups is 2. The number of fused-ring (bicyclic) bond motifs is 1. The molecule has 3 aromatic rings. The Labute approximate surface area is 190 Å². The monoisotopic (exact) mass is 454 g/mol. The van der Waals surface area contributed by atoms with Crippen LogP contribution in [-0.2, 0) is 16.6 Å². The molecule has 1 saturated heterocycles. The Kier molecular flexibility index (Phi) is 6.77. The topological polar surface area (TPSA) is 57.9 Å². The minimum Gasteiger partial charge on any atom is -0.368 e. The third kappa shape index (κ3) is 5.19. The van der Waals surface area contributed by atoms with Crippen LogP contribution in [0.15, 0.2) is 53.5 Å². The minimum absolute atomic E-state index is 0.0911. The third-order valence-corrected chi connectivity index (χ3v) is 7.39. The molecular formula is C23H26N4O2S2. The van der Waals surface area contributed by atoms with Crippen LogP contribution in [0, 0.1) is 6.92 Å². The molecule has 0 N–H and O–H groups in total. The van der Waals surface area contributed by atoms with Crippen molar-refractivity contribution in [3.05, 3.63) is 58.9 Å². The van der Waals surface area contributed by atoms with Crippen molar-refractivity contribution in [2.75, 3.05) is 42.6 Å². The van der Waals surface area contributed by atoms with Crippen molar-refractivity contribution >= 4 is 50.8 Å². The Bertz CT molecular complexity index is 1150. The number of piperazine rings is 1. The highest BCUT2D eigenvalue weighted by molar-refractivity contribution is 8.00. The second-order valence-electron chi connectivity index (χ2n) is 7.62. The fourth-order valence-electron chi connectivity index (χ4n) is 3.66. The van der Waals surface area contributed by atoms with E-state index < -0.39 is 0 Å². The van der Waals surface area contributed by atoms with E-state index in [0.717, 1.165) is 23.3 Å². The Hall–Kier alpha value is -2.58. The summed E-state index contributed by atoms with van der Waals surface area (Å²) in [6, 6.07) is 16.5. The van der Waals surface area contributed by atoms with E-state index in [9.17, 15) is 9.59 Å². The summed E-state index contributed by atoms with van der Waals surface area (Å²) >= 11 is 2.86. The second-order valence-corrected chi connectivity index (χ2v) is 9.61. The number of thioether (sulfide) groups is 1. The lowest BCUT2D eigenvalue weighted by Crippen LogP contribution is -2.49. The number of hydrogen-bond acceptors (Lipinski definition) is 5. The maximum atomic E-state index is 12.5. The Morgan fingerprint density at radius 1 is 1.03 bits per heavy atom. The van der Waals surface area contributed by atoms with Crippen LogP contribution in [-0.4, -0.2) is 59.0 Å². The van der Waals surface area contributed by atoms with Gasteiger partial charge in [-0.25, -0.2) is 0 Å². The lowest BCUT2D eigenvalue weighted by molar-refractivity contribution is -0.128. The fraction of sp³-hybridized carbons (Fsp3) is 0.348. The number of rotatable bonds is 5. The molecule has 2 heterocycles. The van der Waals surface area contributed by atoms with Crippen LogP contribution in [0.25, 0.3) is 10.2 Å². The molecule has 0 atom stereocenters. The van der Waals surface area contributed by atoms with Gasteiger partial charge in [0.15, 0.2) is 4.80 Å². The lowest BCUT2D eigenvalue weighted by atomic mass is 10.2. The molecule has 4 rings (SSSR count). The lowest BCUT2D eigenvalue weighted by Gasteiger charge is -2.36. The van der Waals surface area contributed by atoms with Crippen LogP contribution in [0.1, 0.15) is 5.56 Å². The third-order valence-electron chi connectivity index (χ3n) is 5.39. The first-order chi connectivity index (χ1) is 15.0. The van der Waals surface area contributed by atoms with E-state index in [-0.39, 0.29) is 17.6 Å². The number of anilines is 1. The van der Waals surface area contributed by atoms with Crippen molar-refractivity contribution in [2.24, 2.45) is 12.0 Å². The predicted octanol–water partition coefficient (Wildman–Crippen LogP) is 3.06. The SMILES string of the molecule is Cc1ccc2c(c1)sc(=NC(=O)CSCC(=O)N1CCN(c3ccccc3)CC1)n2C. The van der Waals surface area contributed by atoms with Gasteiger partial charge in [0.05, 0.1) is 21.7 Å². The molecule has 0 spiro atoms. The van der Waals surface area contributed by atoms with Crippen LogP contribution in [0.2, 0.25) is 0 Å². The average Bonchev–Trinajstić information content (AvgIpc) is 3.08. The van der Waals surface area contributed by atoms with E-state index in [1.165, 1.54) is 34.3 Å². The van der Waals surface area contributed by atoms with Crippen molar-refractivity contribution < 1.29 is 9.59 Å². The summed E-state index contributed by atoms with van der Waals surface area (Å²) in [6.07, 6.45) is 0. The van der Waals surface area contributed by atoms with Crippen LogP contribution >= 0.6 is 23.1 Å². The van der Waals surface area contributed by atoms with Gasteiger partial charge >= 0.3 is 0 Å². The number of thiazole rings is 1. The van der Waals surface area contributed by atoms with Gasteiger partial charge in [0.25, 0.3) is 5.91 Å². The maximum Gasteiger partial charge on any atom is 0.258 e. The zero-order valence-electron chi connectivity index (χ0n) is 17.8. The van der Waals surface area contributed by atoms with Crippen LogP contribution < -0.4 is 9.70 Å². The van der Waals surface area contributed by atoms with Gasteiger partial charge in [0.1, 0.15) is 0 Å². The number of amides is 2. The molecule has 0 aliphatic carbocycles. The second kappa shape index (κ2) is 9.70. The highest BCUT2D eigenvalue weighted by Gasteiger charge is 2.21. The number of aromatic nitrogens is 1. The number of benzene rings is 2. The average molecular weight is 455 g/mol. The van der Waals surface area contributed by atoms with Gasteiger partial charge in [0.2, 0.25) is 5.91 Å². The molecule has 8 heteroatoms. The van der Waals surface area contributed by atoms with Crippen molar-refractivity contribution in [3.8, 4) is 0 Å². The van der Waals surface area contributed by atoms with Gasteiger partial charge in [-0.05, 0) is 36.8 Å². The molecule has 2 aromatic carbocycles. The first kappa shape index (κ1) is 21.6. The fourth-order valence-corrected chi connectivity index (χ4v) is 5.49. The van der Waals surface area contributed by atoms with Gasteiger partial charge in [-0.3, -0.25) is 9.59 Å². The van der Waals surface area contributed by atoms with E-state index in [1.54, 1.807) is 0 Å². The molecule has 162 valence electrons. The number of para-hydroxylation sites is 1. The summed E-state index contributed by atoms with van der Waals surface area (Å²) in [5, 5.41) is 0. The summed E-state index contributed by atoms with van der Waals surface area (Å²) < 4.78 is 3.06. The van der Waals surface area contributed by atoms with E-state index in [2.05, 4.69) is 47.1 Å². The van der Waals surface area contributed by atoms with Gasteiger partial charge in [-0.2, -0.15) is 4.99 Å². The zero-order valence-corrected chi connectivity index (χ0v) is 19.4. The largest absolute Gasteiger partial charge is 0.368 e. The molecule has 6 nitrogen and oxygen atoms in total. The molecule has 1 aliphatic heterocycles. The van der Waals surface area contributed by atoms with E-state index in [1.807, 2.05) is 34.7 Å². The molecule has 0 radical (unpaired) electrons. The van der Waals surface area contributed by atoms with Crippen LogP contribution in [0.5, 0.6) is 0 Å². The Morgan fingerprint density at radius 3 is 2.52 bits per heavy atom. The van der Waals surface area contributed by atoms with Gasteiger partial charge in [0, 0.05) is 38.9 Å². The Morgan fingerprint density at radius 2 is 1.77 bits per heavy atom. The number of aryl methyl sites for hydroxylation is 2. The summed E-state index contributed by atoms with van der Waals surface area (Å²) in [6.45, 7) is 5.14. The summed E-state index contributed by atoms with van der Waals surface area (Å²) in [5.74, 6) is 0.409. The van der Waals surface area contributed by atoms with Crippen LogP contribution in [0.4, 0.5) is 5.69 Å². The van der Waals surface area contributed by atoms with Crippen LogP contribution in [0.3, 0.4) is 0 Å². The summed E-state index contributed by atoms with van der Waals surface area (Å²) in [4.78, 5) is 34.0. The minimum atomic E-state index is -0.203. The molecule has 2 amide bonds. The summed E-state index contributed by atoms with van der Waals surface area (Å²) in [7, 11) is 1.92. The standard InChI is InChI=1S/C23H26N4O2S2/c1-17-8-9-19-20(14-17)31-23(25(19)2)24-21(28)15-30-16-22(29)27-12-10-26(11-13-27)18-6-4-3-5-7-18/h3-9,14H,10-13,15-16H2,1-2H3. The zero-order chi connectivity index (χ0) is 21.8. The number of hydrogen-bond donors (Lipinski definition) is 0. The molecule has 31 heavy (non-hydrogen) atoms. The van der Waals surface area contributed by atoms with Crippen molar-refractivity contribution in [3.63, 3.8) is 0 Å². The van der Waals surface area contributed by atoms with Crippen molar-refractivity contribution in [2.45, 2.75) is 6.92 Å². The normalized spacial score (nSPS) is 15.0. The number of carbonyl (C=O) groups excluding carboxylic acids is 2. The molecule has 1 aliphatic rings. The van der Waals surface area contributed by atoms with E-state index in [0.29, 0.717) is 23.6 Å². The predicted molar refractivity (Wildman–Crippen MR) is 129 cm³/mol. The molecule has 0 saturated carbocycles. The first-order valence-electron chi connectivity index (χ1n) is 10.3. The molecule has 1 aromatic heterocycles. The van der Waals surface area contributed by atoms with Gasteiger partial charge in [-0.1, -0.05) is 35.6 Å². The van der Waals surface area contributed by atoms with Gasteiger partial charge in [-0.15, -0.1) is 11.8 Å². The molecular weight excluding hydrogens is 428 g/mol. The summed E-state index contributed by atoms with van der Waals surface area (Å²) in [5.41, 5.74) is 3.45. The Balaban J connectivity index is 1.27. The molecule has 0 bridgehead atoms. The molecule has 1 fully saturated rings. The smallest absolute Gasteiger partial charge is 0.258 e. The van der Waals surface area contributed by atoms with E-state index in [4.69, 9.17) is 0 Å². The van der Waals surface area contributed by atoms with Gasteiger partial charge < -0.3 is 14.4 Å². The maximum absolute atomic E-state index is 12.5. The highest BCUT2D eigenvalue weighted by atomic mass is 32.2. The number of nitrogens with zero attached hydrogens (tertiary/aromatic N) is 4. The van der Waals surface area contributed by atoms with Crippen molar-refractivity contribution in [1.29, 1.82) is 0 Å². The first-order valence-corrected chi connectivity index (χ1v) is 12.3.